The third-order valence-electron chi connectivity index (χ3n) is 4.31. The Bertz CT molecular complexity index is 825. The van der Waals surface area contributed by atoms with Crippen LogP contribution in [-0.2, 0) is 0 Å². The van der Waals surface area contributed by atoms with E-state index in [9.17, 15) is 14.9 Å². The van der Waals surface area contributed by atoms with E-state index >= 15 is 0 Å². The maximum absolute atomic E-state index is 12.6. The summed E-state index contributed by atoms with van der Waals surface area (Å²) in [5.74, 6) is 1.28. The molecule has 1 saturated heterocycles. The molecule has 1 amide bonds. The number of piperazine rings is 1. The molecule has 0 saturated carbocycles. The van der Waals surface area contributed by atoms with Crippen molar-refractivity contribution in [1.29, 1.82) is 0 Å². The zero-order valence-electron chi connectivity index (χ0n) is 14.0. The molecule has 1 fully saturated rings. The van der Waals surface area contributed by atoms with Gasteiger partial charge in [-0.25, -0.2) is 0 Å². The molecular formula is C17H18BrN3O4. The number of benzene rings is 1. The Morgan fingerprint density at radius 2 is 1.88 bits per heavy atom. The SMILES string of the molecule is Cc1cc(C(=O)N2CCN(c3ccc(Br)cc3[N+](=O)[O-])CC2)c(C)o1. The fourth-order valence-electron chi connectivity index (χ4n) is 3.07. The highest BCUT2D eigenvalue weighted by atomic mass is 79.9. The largest absolute Gasteiger partial charge is 0.466 e. The smallest absolute Gasteiger partial charge is 0.293 e. The Hall–Kier alpha value is -2.35. The molecule has 1 aliphatic rings. The summed E-state index contributed by atoms with van der Waals surface area (Å²) >= 11 is 3.27. The second kappa shape index (κ2) is 6.87. The Labute approximate surface area is 153 Å². The minimum Gasteiger partial charge on any atom is -0.466 e. The molecule has 7 nitrogen and oxygen atoms in total. The molecule has 0 N–H and O–H groups in total. The van der Waals surface area contributed by atoms with Crippen LogP contribution in [0, 0.1) is 24.0 Å². The number of carbonyl (C=O) groups is 1. The van der Waals surface area contributed by atoms with E-state index in [1.807, 2.05) is 11.8 Å². The Morgan fingerprint density at radius 3 is 2.44 bits per heavy atom. The van der Waals surface area contributed by atoms with Crippen molar-refractivity contribution in [1.82, 2.24) is 4.90 Å². The standard InChI is InChI=1S/C17H18BrN3O4/c1-11-9-14(12(2)25-11)17(22)20-7-5-19(6-8-20)15-4-3-13(18)10-16(15)21(23)24/h3-4,9-10H,5-8H2,1-2H3. The highest BCUT2D eigenvalue weighted by molar-refractivity contribution is 9.10. The van der Waals surface area contributed by atoms with E-state index in [-0.39, 0.29) is 16.5 Å². The van der Waals surface area contributed by atoms with E-state index in [2.05, 4.69) is 15.9 Å². The first-order chi connectivity index (χ1) is 11.9. The lowest BCUT2D eigenvalue weighted by Crippen LogP contribution is -2.49. The summed E-state index contributed by atoms with van der Waals surface area (Å²) in [5, 5.41) is 11.3. The monoisotopic (exact) mass is 407 g/mol. The highest BCUT2D eigenvalue weighted by Crippen LogP contribution is 2.32. The number of aryl methyl sites for hydroxylation is 2. The lowest BCUT2D eigenvalue weighted by atomic mass is 10.1. The molecule has 1 aromatic carbocycles. The number of anilines is 1. The Morgan fingerprint density at radius 1 is 1.20 bits per heavy atom. The molecule has 8 heteroatoms. The Kier molecular flexibility index (Phi) is 4.80. The van der Waals surface area contributed by atoms with Gasteiger partial charge in [-0.15, -0.1) is 0 Å². The number of furan rings is 1. The number of carbonyl (C=O) groups excluding carboxylic acids is 1. The van der Waals surface area contributed by atoms with Crippen molar-refractivity contribution in [2.45, 2.75) is 13.8 Å². The van der Waals surface area contributed by atoms with Crippen LogP contribution in [0.15, 0.2) is 33.2 Å². The molecule has 0 aliphatic carbocycles. The number of nitrogens with zero attached hydrogens (tertiary/aromatic N) is 3. The van der Waals surface area contributed by atoms with Gasteiger partial charge in [0.05, 0.1) is 10.5 Å². The average Bonchev–Trinajstić information content (AvgIpc) is 2.92. The predicted octanol–water partition coefficient (Wildman–Crippen LogP) is 3.53. The van der Waals surface area contributed by atoms with Crippen molar-refractivity contribution in [2.24, 2.45) is 0 Å². The van der Waals surface area contributed by atoms with Crippen LogP contribution < -0.4 is 4.90 Å². The molecule has 0 atom stereocenters. The average molecular weight is 408 g/mol. The number of hydrogen-bond donors (Lipinski definition) is 0. The number of rotatable bonds is 3. The van der Waals surface area contributed by atoms with E-state index in [1.165, 1.54) is 6.07 Å². The minimum absolute atomic E-state index is 0.0562. The molecule has 2 heterocycles. The molecule has 0 spiro atoms. The van der Waals surface area contributed by atoms with Crippen LogP contribution in [0.2, 0.25) is 0 Å². The van der Waals surface area contributed by atoms with Gasteiger partial charge in [0.25, 0.3) is 11.6 Å². The zero-order valence-corrected chi connectivity index (χ0v) is 15.6. The van der Waals surface area contributed by atoms with Gasteiger partial charge in [-0.05, 0) is 32.0 Å². The summed E-state index contributed by atoms with van der Waals surface area (Å²) in [5.41, 5.74) is 1.23. The first-order valence-electron chi connectivity index (χ1n) is 7.92. The number of nitro groups is 1. The zero-order chi connectivity index (χ0) is 18.1. The molecule has 2 aromatic rings. The molecule has 1 aromatic heterocycles. The van der Waals surface area contributed by atoms with Gasteiger partial charge >= 0.3 is 0 Å². The molecule has 0 bridgehead atoms. The van der Waals surface area contributed by atoms with E-state index in [0.29, 0.717) is 53.4 Å². The van der Waals surface area contributed by atoms with Crippen LogP contribution in [0.5, 0.6) is 0 Å². The van der Waals surface area contributed by atoms with E-state index in [4.69, 9.17) is 4.42 Å². The van der Waals surface area contributed by atoms with E-state index in [0.717, 1.165) is 0 Å². The van der Waals surface area contributed by atoms with Gasteiger partial charge in [-0.1, -0.05) is 15.9 Å². The lowest BCUT2D eigenvalue weighted by molar-refractivity contribution is -0.384. The second-order valence-electron chi connectivity index (χ2n) is 6.00. The highest BCUT2D eigenvalue weighted by Gasteiger charge is 2.27. The molecule has 1 aliphatic heterocycles. The molecule has 0 unspecified atom stereocenters. The summed E-state index contributed by atoms with van der Waals surface area (Å²) in [7, 11) is 0. The van der Waals surface area contributed by atoms with Gasteiger partial charge < -0.3 is 14.2 Å². The summed E-state index contributed by atoms with van der Waals surface area (Å²) < 4.78 is 6.10. The van der Waals surface area contributed by atoms with Crippen molar-refractivity contribution in [3.63, 3.8) is 0 Å². The van der Waals surface area contributed by atoms with Crippen LogP contribution in [0.3, 0.4) is 0 Å². The summed E-state index contributed by atoms with van der Waals surface area (Å²) in [6, 6.07) is 6.79. The summed E-state index contributed by atoms with van der Waals surface area (Å²) in [6.45, 7) is 5.70. The third kappa shape index (κ3) is 3.53. The van der Waals surface area contributed by atoms with Crippen LogP contribution in [0.4, 0.5) is 11.4 Å². The van der Waals surface area contributed by atoms with Crippen LogP contribution in [-0.4, -0.2) is 41.9 Å². The summed E-state index contributed by atoms with van der Waals surface area (Å²) in [4.78, 5) is 27.3. The molecule has 25 heavy (non-hydrogen) atoms. The number of hydrogen-bond acceptors (Lipinski definition) is 5. The molecule has 132 valence electrons. The first-order valence-corrected chi connectivity index (χ1v) is 8.71. The van der Waals surface area contributed by atoms with Gasteiger partial charge in [-0.2, -0.15) is 0 Å². The van der Waals surface area contributed by atoms with Crippen molar-refractivity contribution in [3.8, 4) is 0 Å². The van der Waals surface area contributed by atoms with Crippen molar-refractivity contribution >= 4 is 33.2 Å². The van der Waals surface area contributed by atoms with E-state index < -0.39 is 0 Å². The first kappa shape index (κ1) is 17.5. The van der Waals surface area contributed by atoms with Crippen LogP contribution in [0.1, 0.15) is 21.9 Å². The lowest BCUT2D eigenvalue weighted by Gasteiger charge is -2.35. The third-order valence-corrected chi connectivity index (χ3v) is 4.81. The quantitative estimate of drug-likeness (QED) is 0.574. The van der Waals surface area contributed by atoms with E-state index in [1.54, 1.807) is 30.0 Å². The maximum Gasteiger partial charge on any atom is 0.293 e. The second-order valence-corrected chi connectivity index (χ2v) is 6.91. The van der Waals surface area contributed by atoms with Crippen LogP contribution in [0.25, 0.3) is 0 Å². The predicted molar refractivity (Wildman–Crippen MR) is 97.1 cm³/mol. The number of nitro benzene ring substituents is 1. The normalized spacial score (nSPS) is 14.7. The minimum atomic E-state index is -0.380. The molecule has 0 radical (unpaired) electrons. The summed E-state index contributed by atoms with van der Waals surface area (Å²) in [6.07, 6.45) is 0. The maximum atomic E-state index is 12.6. The van der Waals surface area contributed by atoms with Gasteiger partial charge in [-0.3, -0.25) is 14.9 Å². The fourth-order valence-corrected chi connectivity index (χ4v) is 3.42. The van der Waals surface area contributed by atoms with Gasteiger partial charge in [0.2, 0.25) is 0 Å². The number of amides is 1. The van der Waals surface area contributed by atoms with Gasteiger partial charge in [0.15, 0.2) is 0 Å². The van der Waals surface area contributed by atoms with Gasteiger partial charge in [0.1, 0.15) is 17.2 Å². The Balaban J connectivity index is 1.73. The van der Waals surface area contributed by atoms with Crippen molar-refractivity contribution in [3.05, 3.63) is 55.9 Å². The fraction of sp³-hybridized carbons (Fsp3) is 0.353. The topological polar surface area (TPSA) is 79.8 Å². The molecular weight excluding hydrogens is 390 g/mol. The van der Waals surface area contributed by atoms with Crippen molar-refractivity contribution < 1.29 is 14.1 Å². The number of halogens is 1. The molecule has 3 rings (SSSR count). The van der Waals surface area contributed by atoms with Crippen LogP contribution >= 0.6 is 15.9 Å². The van der Waals surface area contributed by atoms with Crippen molar-refractivity contribution in [2.75, 3.05) is 31.1 Å². The van der Waals surface area contributed by atoms with Gasteiger partial charge in [0, 0.05) is 36.7 Å².